The van der Waals surface area contributed by atoms with Crippen LogP contribution in [0.2, 0.25) is 5.02 Å². The first-order valence-corrected chi connectivity index (χ1v) is 12.6. The van der Waals surface area contributed by atoms with Gasteiger partial charge in [-0.3, -0.25) is 9.36 Å². The number of hydrogen-bond donors (Lipinski definition) is 0. The van der Waals surface area contributed by atoms with Crippen molar-refractivity contribution in [3.8, 4) is 5.75 Å². The van der Waals surface area contributed by atoms with Crippen LogP contribution >= 0.6 is 22.9 Å². The minimum absolute atomic E-state index is 0.200. The molecular formula is C28H23ClN2O4S. The Morgan fingerprint density at radius 1 is 1.14 bits per heavy atom. The van der Waals surface area contributed by atoms with E-state index in [0.29, 0.717) is 36.9 Å². The molecule has 2 heterocycles. The lowest BCUT2D eigenvalue weighted by atomic mass is 9.90. The van der Waals surface area contributed by atoms with Crippen molar-refractivity contribution in [2.24, 2.45) is 4.99 Å². The van der Waals surface area contributed by atoms with E-state index < -0.39 is 12.0 Å². The van der Waals surface area contributed by atoms with Crippen molar-refractivity contribution < 1.29 is 14.3 Å². The number of allylic oxidation sites excluding steroid dienone is 1. The number of carbonyl (C=O) groups excluding carboxylic acids is 1. The van der Waals surface area contributed by atoms with Crippen LogP contribution in [-0.2, 0) is 9.53 Å². The van der Waals surface area contributed by atoms with Crippen LogP contribution in [0.5, 0.6) is 5.75 Å². The number of benzene rings is 3. The van der Waals surface area contributed by atoms with Crippen LogP contribution in [0, 0.1) is 0 Å². The maximum absolute atomic E-state index is 13.9. The maximum atomic E-state index is 13.9. The molecule has 0 saturated carbocycles. The standard InChI is InChI=1S/C28H23ClN2O4S/c1-4-35-27(33)23-16(2)30-28-31(26(32)22(36-28)15-18-10-6-8-12-20(18)29)25(23)24-19-11-7-5-9-17(19)13-14-21(24)34-3/h5-15,25H,4H2,1-3H3/b22-15-. The van der Waals surface area contributed by atoms with E-state index in [2.05, 4.69) is 4.99 Å². The number of aromatic nitrogens is 1. The second-order valence-electron chi connectivity index (χ2n) is 8.23. The minimum atomic E-state index is -0.783. The molecule has 0 bridgehead atoms. The molecule has 0 radical (unpaired) electrons. The van der Waals surface area contributed by atoms with E-state index in [1.54, 1.807) is 37.7 Å². The highest BCUT2D eigenvalue weighted by molar-refractivity contribution is 7.07. The molecular weight excluding hydrogens is 496 g/mol. The van der Waals surface area contributed by atoms with Crippen molar-refractivity contribution >= 4 is 45.8 Å². The summed E-state index contributed by atoms with van der Waals surface area (Å²) in [6.07, 6.45) is 1.76. The molecule has 0 amide bonds. The number of rotatable bonds is 5. The van der Waals surface area contributed by atoms with Crippen molar-refractivity contribution in [1.82, 2.24) is 4.57 Å². The molecule has 182 valence electrons. The number of esters is 1. The van der Waals surface area contributed by atoms with E-state index in [1.807, 2.05) is 54.6 Å². The first kappa shape index (κ1) is 24.0. The summed E-state index contributed by atoms with van der Waals surface area (Å²) >= 11 is 7.62. The Kier molecular flexibility index (Phi) is 6.51. The number of hydrogen-bond acceptors (Lipinski definition) is 6. The molecule has 1 aromatic heterocycles. The average Bonchev–Trinajstić information content (AvgIpc) is 3.18. The zero-order valence-corrected chi connectivity index (χ0v) is 21.5. The van der Waals surface area contributed by atoms with Gasteiger partial charge in [-0.1, -0.05) is 71.5 Å². The van der Waals surface area contributed by atoms with Gasteiger partial charge in [0, 0.05) is 10.6 Å². The zero-order valence-electron chi connectivity index (χ0n) is 19.9. The fraction of sp³-hybridized carbons (Fsp3) is 0.179. The van der Waals surface area contributed by atoms with Crippen molar-refractivity contribution in [3.63, 3.8) is 0 Å². The lowest BCUT2D eigenvalue weighted by Crippen LogP contribution is -2.40. The number of halogens is 1. The van der Waals surface area contributed by atoms with Gasteiger partial charge in [-0.05, 0) is 48.4 Å². The summed E-state index contributed by atoms with van der Waals surface area (Å²) in [5.41, 5.74) is 1.97. The van der Waals surface area contributed by atoms with Crippen LogP contribution in [0.1, 0.15) is 31.0 Å². The molecule has 0 fully saturated rings. The molecule has 6 nitrogen and oxygen atoms in total. The second kappa shape index (κ2) is 9.76. The molecule has 1 unspecified atom stereocenters. The van der Waals surface area contributed by atoms with E-state index in [1.165, 1.54) is 11.3 Å². The molecule has 4 aromatic rings. The van der Waals surface area contributed by atoms with Gasteiger partial charge < -0.3 is 9.47 Å². The molecule has 8 heteroatoms. The van der Waals surface area contributed by atoms with Crippen LogP contribution in [0.4, 0.5) is 0 Å². The molecule has 1 aliphatic heterocycles. The quantitative estimate of drug-likeness (QED) is 0.362. The average molecular weight is 519 g/mol. The predicted octanol–water partition coefficient (Wildman–Crippen LogP) is 4.61. The first-order chi connectivity index (χ1) is 17.4. The Hall–Kier alpha value is -3.68. The number of thiazole rings is 1. The van der Waals surface area contributed by atoms with E-state index in [0.717, 1.165) is 16.3 Å². The first-order valence-electron chi connectivity index (χ1n) is 11.4. The summed E-state index contributed by atoms with van der Waals surface area (Å²) < 4.78 is 13.2. The molecule has 5 rings (SSSR count). The van der Waals surface area contributed by atoms with Crippen LogP contribution in [0.15, 0.2) is 81.7 Å². The Balaban J connectivity index is 1.87. The third-order valence-electron chi connectivity index (χ3n) is 6.13. The van der Waals surface area contributed by atoms with Crippen LogP contribution in [0.25, 0.3) is 16.8 Å². The van der Waals surface area contributed by atoms with Gasteiger partial charge in [0.2, 0.25) is 0 Å². The SMILES string of the molecule is CCOC(=O)C1=C(C)N=c2s/c(=C\c3ccccc3Cl)c(=O)n2C1c1c(OC)ccc2ccccc12. The van der Waals surface area contributed by atoms with Gasteiger partial charge in [-0.25, -0.2) is 9.79 Å². The van der Waals surface area contributed by atoms with Crippen molar-refractivity contribution in [1.29, 1.82) is 0 Å². The third-order valence-corrected chi connectivity index (χ3v) is 7.46. The van der Waals surface area contributed by atoms with Gasteiger partial charge in [0.05, 0.1) is 29.5 Å². The van der Waals surface area contributed by atoms with Crippen LogP contribution in [0.3, 0.4) is 0 Å². The highest BCUT2D eigenvalue weighted by Crippen LogP contribution is 2.40. The summed E-state index contributed by atoms with van der Waals surface area (Å²) in [6.45, 7) is 3.72. The molecule has 1 aliphatic rings. The molecule has 0 N–H and O–H groups in total. The van der Waals surface area contributed by atoms with Crippen molar-refractivity contribution in [2.75, 3.05) is 13.7 Å². The minimum Gasteiger partial charge on any atom is -0.496 e. The van der Waals surface area contributed by atoms with E-state index >= 15 is 0 Å². The van der Waals surface area contributed by atoms with Crippen molar-refractivity contribution in [3.05, 3.63) is 108 Å². The number of carbonyl (C=O) groups is 1. The fourth-order valence-corrected chi connectivity index (χ4v) is 5.76. The number of nitrogens with zero attached hydrogens (tertiary/aromatic N) is 2. The summed E-state index contributed by atoms with van der Waals surface area (Å²) in [6, 6.07) is 18.2. The molecule has 0 aliphatic carbocycles. The maximum Gasteiger partial charge on any atom is 0.338 e. The third kappa shape index (κ3) is 4.04. The van der Waals surface area contributed by atoms with Gasteiger partial charge in [0.1, 0.15) is 11.8 Å². The molecule has 36 heavy (non-hydrogen) atoms. The monoisotopic (exact) mass is 518 g/mol. The van der Waals surface area contributed by atoms with E-state index in [4.69, 9.17) is 21.1 Å². The van der Waals surface area contributed by atoms with Crippen molar-refractivity contribution in [2.45, 2.75) is 19.9 Å². The normalized spacial score (nSPS) is 15.6. The number of fused-ring (bicyclic) bond motifs is 2. The highest BCUT2D eigenvalue weighted by Gasteiger charge is 2.36. The summed E-state index contributed by atoms with van der Waals surface area (Å²) in [4.78, 5) is 32.3. The largest absolute Gasteiger partial charge is 0.496 e. The van der Waals surface area contributed by atoms with Gasteiger partial charge in [0.25, 0.3) is 5.56 Å². The highest BCUT2D eigenvalue weighted by atomic mass is 35.5. The summed E-state index contributed by atoms with van der Waals surface area (Å²) in [7, 11) is 1.58. The molecule has 3 aromatic carbocycles. The fourth-order valence-electron chi connectivity index (χ4n) is 4.53. The van der Waals surface area contributed by atoms with Crippen LogP contribution in [-0.4, -0.2) is 24.3 Å². The summed E-state index contributed by atoms with van der Waals surface area (Å²) in [5.74, 6) is 0.0509. The van der Waals surface area contributed by atoms with Gasteiger partial charge in [-0.2, -0.15) is 0 Å². The zero-order chi connectivity index (χ0) is 25.4. The predicted molar refractivity (Wildman–Crippen MR) is 142 cm³/mol. The lowest BCUT2D eigenvalue weighted by molar-refractivity contribution is -0.139. The number of ether oxygens (including phenoxy) is 2. The van der Waals surface area contributed by atoms with Gasteiger partial charge in [0.15, 0.2) is 4.80 Å². The Morgan fingerprint density at radius 2 is 1.89 bits per heavy atom. The Bertz CT molecular complexity index is 1720. The molecule has 0 spiro atoms. The van der Waals surface area contributed by atoms with Gasteiger partial charge >= 0.3 is 5.97 Å². The van der Waals surface area contributed by atoms with E-state index in [9.17, 15) is 9.59 Å². The Morgan fingerprint density at radius 3 is 2.64 bits per heavy atom. The van der Waals surface area contributed by atoms with Gasteiger partial charge in [-0.15, -0.1) is 0 Å². The van der Waals surface area contributed by atoms with Crippen LogP contribution < -0.4 is 19.6 Å². The number of methoxy groups -OCH3 is 1. The Labute approximate surface area is 216 Å². The second-order valence-corrected chi connectivity index (χ2v) is 9.64. The smallest absolute Gasteiger partial charge is 0.338 e. The molecule has 0 saturated heterocycles. The lowest BCUT2D eigenvalue weighted by Gasteiger charge is -2.27. The summed E-state index contributed by atoms with van der Waals surface area (Å²) in [5, 5.41) is 2.38. The van der Waals surface area contributed by atoms with E-state index in [-0.39, 0.29) is 12.2 Å². The topological polar surface area (TPSA) is 69.9 Å². The molecule has 1 atom stereocenters.